The Hall–Kier alpha value is -0.740. The SMILES string of the molecule is COc1cccc(CSCC2CNC2)n1. The van der Waals surface area contributed by atoms with Gasteiger partial charge in [-0.2, -0.15) is 11.8 Å². The van der Waals surface area contributed by atoms with Crippen molar-refractivity contribution in [1.29, 1.82) is 0 Å². The highest BCUT2D eigenvalue weighted by Gasteiger charge is 2.15. The minimum Gasteiger partial charge on any atom is -0.481 e. The Labute approximate surface area is 94.6 Å². The molecule has 0 saturated carbocycles. The molecule has 1 fully saturated rings. The molecule has 1 aromatic rings. The molecule has 0 aromatic carbocycles. The second-order valence-corrected chi connectivity index (χ2v) is 4.74. The highest BCUT2D eigenvalue weighted by atomic mass is 32.2. The van der Waals surface area contributed by atoms with Crippen molar-refractivity contribution in [3.8, 4) is 5.88 Å². The van der Waals surface area contributed by atoms with E-state index in [-0.39, 0.29) is 0 Å². The Kier molecular flexibility index (Phi) is 3.86. The van der Waals surface area contributed by atoms with Gasteiger partial charge >= 0.3 is 0 Å². The van der Waals surface area contributed by atoms with Crippen LogP contribution in [-0.2, 0) is 5.75 Å². The third kappa shape index (κ3) is 3.11. The van der Waals surface area contributed by atoms with E-state index in [1.54, 1.807) is 7.11 Å². The number of ether oxygens (including phenoxy) is 1. The van der Waals surface area contributed by atoms with Gasteiger partial charge in [-0.25, -0.2) is 4.98 Å². The van der Waals surface area contributed by atoms with Crippen LogP contribution in [0, 0.1) is 5.92 Å². The number of nitrogens with one attached hydrogen (secondary N) is 1. The molecule has 0 aliphatic carbocycles. The molecule has 4 heteroatoms. The van der Waals surface area contributed by atoms with Gasteiger partial charge in [-0.3, -0.25) is 0 Å². The van der Waals surface area contributed by atoms with Gasteiger partial charge in [-0.15, -0.1) is 0 Å². The van der Waals surface area contributed by atoms with E-state index in [1.165, 1.54) is 18.8 Å². The number of rotatable bonds is 5. The minimum atomic E-state index is 0.707. The molecule has 2 heterocycles. The van der Waals surface area contributed by atoms with Crippen LogP contribution < -0.4 is 10.1 Å². The zero-order chi connectivity index (χ0) is 10.5. The molecule has 1 aliphatic heterocycles. The molecule has 3 nitrogen and oxygen atoms in total. The second kappa shape index (κ2) is 5.37. The molecule has 0 unspecified atom stereocenters. The average molecular weight is 224 g/mol. The average Bonchev–Trinajstić information content (AvgIpc) is 2.22. The largest absolute Gasteiger partial charge is 0.481 e. The summed E-state index contributed by atoms with van der Waals surface area (Å²) in [6, 6.07) is 5.92. The summed E-state index contributed by atoms with van der Waals surface area (Å²) in [5, 5.41) is 3.28. The van der Waals surface area contributed by atoms with E-state index in [0.29, 0.717) is 5.88 Å². The lowest BCUT2D eigenvalue weighted by molar-refractivity contribution is 0.385. The van der Waals surface area contributed by atoms with E-state index in [2.05, 4.69) is 16.4 Å². The van der Waals surface area contributed by atoms with Gasteiger partial charge in [0.05, 0.1) is 12.8 Å². The van der Waals surface area contributed by atoms with Crippen LogP contribution in [0.25, 0.3) is 0 Å². The predicted octanol–water partition coefficient (Wildman–Crippen LogP) is 1.54. The van der Waals surface area contributed by atoms with Crippen LogP contribution in [0.5, 0.6) is 5.88 Å². The first-order chi connectivity index (χ1) is 7.38. The molecule has 0 amide bonds. The lowest BCUT2D eigenvalue weighted by Crippen LogP contribution is -2.43. The quantitative estimate of drug-likeness (QED) is 0.822. The van der Waals surface area contributed by atoms with Crippen molar-refractivity contribution < 1.29 is 4.74 Å². The van der Waals surface area contributed by atoms with Gasteiger partial charge in [0.15, 0.2) is 0 Å². The first-order valence-electron chi connectivity index (χ1n) is 5.17. The molecule has 1 saturated heterocycles. The Balaban J connectivity index is 1.76. The standard InChI is InChI=1S/C11H16N2OS/c1-14-11-4-2-3-10(13-11)8-15-7-9-5-12-6-9/h2-4,9,12H,5-8H2,1H3. The van der Waals surface area contributed by atoms with E-state index >= 15 is 0 Å². The van der Waals surface area contributed by atoms with Gasteiger partial charge in [0.2, 0.25) is 5.88 Å². The molecule has 82 valence electrons. The van der Waals surface area contributed by atoms with Crippen molar-refractivity contribution in [3.05, 3.63) is 23.9 Å². The monoisotopic (exact) mass is 224 g/mol. The number of pyridine rings is 1. The minimum absolute atomic E-state index is 0.707. The summed E-state index contributed by atoms with van der Waals surface area (Å²) in [4.78, 5) is 4.37. The third-order valence-corrected chi connectivity index (χ3v) is 3.67. The zero-order valence-electron chi connectivity index (χ0n) is 8.90. The first-order valence-corrected chi connectivity index (χ1v) is 6.32. The van der Waals surface area contributed by atoms with Crippen LogP contribution in [-0.4, -0.2) is 30.9 Å². The lowest BCUT2D eigenvalue weighted by Gasteiger charge is -2.26. The van der Waals surface area contributed by atoms with Gasteiger partial charge in [-0.05, 0) is 30.8 Å². The van der Waals surface area contributed by atoms with Crippen LogP contribution in [0.3, 0.4) is 0 Å². The van der Waals surface area contributed by atoms with E-state index in [1.807, 2.05) is 23.9 Å². The van der Waals surface area contributed by atoms with E-state index in [4.69, 9.17) is 4.74 Å². The van der Waals surface area contributed by atoms with Gasteiger partial charge < -0.3 is 10.1 Å². The van der Waals surface area contributed by atoms with Gasteiger partial charge in [0.25, 0.3) is 0 Å². The van der Waals surface area contributed by atoms with Gasteiger partial charge in [0, 0.05) is 11.8 Å². The number of nitrogens with zero attached hydrogens (tertiary/aromatic N) is 1. The van der Waals surface area contributed by atoms with Crippen molar-refractivity contribution in [2.75, 3.05) is 26.0 Å². The third-order valence-electron chi connectivity index (χ3n) is 2.46. The van der Waals surface area contributed by atoms with E-state index in [9.17, 15) is 0 Å². The number of methoxy groups -OCH3 is 1. The fourth-order valence-corrected chi connectivity index (χ4v) is 2.50. The second-order valence-electron chi connectivity index (χ2n) is 3.71. The van der Waals surface area contributed by atoms with Crippen LogP contribution >= 0.6 is 11.8 Å². The van der Waals surface area contributed by atoms with Gasteiger partial charge in [-0.1, -0.05) is 6.07 Å². The van der Waals surface area contributed by atoms with Crippen molar-refractivity contribution >= 4 is 11.8 Å². The maximum absolute atomic E-state index is 5.08. The van der Waals surface area contributed by atoms with Crippen LogP contribution in [0.4, 0.5) is 0 Å². The summed E-state index contributed by atoms with van der Waals surface area (Å²) in [6.45, 7) is 2.36. The van der Waals surface area contributed by atoms with Crippen LogP contribution in [0.1, 0.15) is 5.69 Å². The lowest BCUT2D eigenvalue weighted by atomic mass is 10.1. The molecule has 0 radical (unpaired) electrons. The Morgan fingerprint density at radius 3 is 3.07 bits per heavy atom. The Morgan fingerprint density at radius 2 is 2.40 bits per heavy atom. The molecule has 1 N–H and O–H groups in total. The summed E-state index contributed by atoms with van der Waals surface area (Å²) in [5.41, 5.74) is 1.10. The van der Waals surface area contributed by atoms with E-state index in [0.717, 1.165) is 17.4 Å². The normalized spacial score (nSPS) is 16.1. The molecular weight excluding hydrogens is 208 g/mol. The Bertz CT molecular complexity index is 315. The predicted molar refractivity (Wildman–Crippen MR) is 63.3 cm³/mol. The van der Waals surface area contributed by atoms with Crippen molar-refractivity contribution in [2.24, 2.45) is 5.92 Å². The topological polar surface area (TPSA) is 34.1 Å². The molecular formula is C11H16N2OS. The molecule has 1 aliphatic rings. The summed E-state index contributed by atoms with van der Waals surface area (Å²) < 4.78 is 5.08. The maximum atomic E-state index is 5.08. The van der Waals surface area contributed by atoms with Gasteiger partial charge in [0.1, 0.15) is 0 Å². The maximum Gasteiger partial charge on any atom is 0.213 e. The summed E-state index contributed by atoms with van der Waals surface area (Å²) in [6.07, 6.45) is 0. The Morgan fingerprint density at radius 1 is 1.53 bits per heavy atom. The summed E-state index contributed by atoms with van der Waals surface area (Å²) >= 11 is 1.95. The molecule has 1 aromatic heterocycles. The smallest absolute Gasteiger partial charge is 0.213 e. The highest BCUT2D eigenvalue weighted by Crippen LogP contribution is 2.17. The molecule has 0 atom stereocenters. The first kappa shape index (κ1) is 10.8. The van der Waals surface area contributed by atoms with Crippen molar-refractivity contribution in [3.63, 3.8) is 0 Å². The number of hydrogen-bond acceptors (Lipinski definition) is 4. The summed E-state index contributed by atoms with van der Waals surface area (Å²) in [5.74, 6) is 3.78. The zero-order valence-corrected chi connectivity index (χ0v) is 9.72. The highest BCUT2D eigenvalue weighted by molar-refractivity contribution is 7.98. The molecule has 0 bridgehead atoms. The van der Waals surface area contributed by atoms with Crippen molar-refractivity contribution in [2.45, 2.75) is 5.75 Å². The number of hydrogen-bond donors (Lipinski definition) is 1. The number of aromatic nitrogens is 1. The van der Waals surface area contributed by atoms with Crippen LogP contribution in [0.2, 0.25) is 0 Å². The molecule has 0 spiro atoms. The summed E-state index contributed by atoms with van der Waals surface area (Å²) in [7, 11) is 1.65. The number of thioether (sulfide) groups is 1. The fraction of sp³-hybridized carbons (Fsp3) is 0.545. The fourth-order valence-electron chi connectivity index (χ4n) is 1.45. The molecule has 15 heavy (non-hydrogen) atoms. The van der Waals surface area contributed by atoms with Crippen LogP contribution in [0.15, 0.2) is 18.2 Å². The molecule has 2 rings (SSSR count). The van der Waals surface area contributed by atoms with E-state index < -0.39 is 0 Å². The van der Waals surface area contributed by atoms with Crippen molar-refractivity contribution in [1.82, 2.24) is 10.3 Å².